The Bertz CT molecular complexity index is 515. The lowest BCUT2D eigenvalue weighted by atomic mass is 9.96. The molecule has 0 aromatic heterocycles. The molecule has 0 unspecified atom stereocenters. The first-order valence-corrected chi connectivity index (χ1v) is 7.50. The van der Waals surface area contributed by atoms with E-state index >= 15 is 0 Å². The van der Waals surface area contributed by atoms with Crippen molar-refractivity contribution in [1.29, 1.82) is 0 Å². The van der Waals surface area contributed by atoms with Gasteiger partial charge in [0.25, 0.3) is 0 Å². The average molecular weight is 309 g/mol. The Labute approximate surface area is 130 Å². The Morgan fingerprint density at radius 2 is 2.29 bits per heavy atom. The molecule has 1 aliphatic rings. The van der Waals surface area contributed by atoms with Crippen LogP contribution in [0.2, 0.25) is 5.02 Å². The number of rotatable bonds is 7. The summed E-state index contributed by atoms with van der Waals surface area (Å²) >= 11 is 6.04. The van der Waals surface area contributed by atoms with E-state index < -0.39 is 0 Å². The molecule has 0 spiro atoms. The molecule has 0 radical (unpaired) electrons. The standard InChI is InChI=1S/C16H21ClN2O2/c1-2-8-19(9-10-20)15(21)18-12-16(6-7-16)13-4-3-5-14(17)11-13/h2-5,11,20H,1,6-10,12H2,(H,18,21). The van der Waals surface area contributed by atoms with Crippen LogP contribution in [0.5, 0.6) is 0 Å². The van der Waals surface area contributed by atoms with Crippen LogP contribution in [-0.4, -0.2) is 42.3 Å². The summed E-state index contributed by atoms with van der Waals surface area (Å²) in [7, 11) is 0. The monoisotopic (exact) mass is 308 g/mol. The lowest BCUT2D eigenvalue weighted by Gasteiger charge is -2.23. The van der Waals surface area contributed by atoms with Crippen molar-refractivity contribution in [3.8, 4) is 0 Å². The van der Waals surface area contributed by atoms with Crippen LogP contribution in [0.15, 0.2) is 36.9 Å². The highest BCUT2D eigenvalue weighted by Crippen LogP contribution is 2.48. The number of hydrogen-bond donors (Lipinski definition) is 2. The normalized spacial score (nSPS) is 15.3. The van der Waals surface area contributed by atoms with Crippen molar-refractivity contribution < 1.29 is 9.90 Å². The number of halogens is 1. The predicted octanol–water partition coefficient (Wildman–Crippen LogP) is 2.56. The largest absolute Gasteiger partial charge is 0.395 e. The van der Waals surface area contributed by atoms with E-state index in [0.717, 1.165) is 17.9 Å². The summed E-state index contributed by atoms with van der Waals surface area (Å²) in [5, 5.41) is 12.7. The van der Waals surface area contributed by atoms with E-state index in [1.807, 2.05) is 18.2 Å². The molecule has 1 aromatic carbocycles. The second kappa shape index (κ2) is 6.96. The van der Waals surface area contributed by atoms with E-state index in [-0.39, 0.29) is 18.1 Å². The fourth-order valence-electron chi connectivity index (χ4n) is 2.45. The fourth-order valence-corrected chi connectivity index (χ4v) is 2.64. The molecular formula is C16H21ClN2O2. The van der Waals surface area contributed by atoms with Crippen LogP contribution < -0.4 is 5.32 Å². The zero-order chi connectivity index (χ0) is 15.3. The summed E-state index contributed by atoms with van der Waals surface area (Å²) in [6.45, 7) is 4.89. The molecule has 5 heteroatoms. The zero-order valence-corrected chi connectivity index (χ0v) is 12.8. The molecule has 0 heterocycles. The second-order valence-electron chi connectivity index (χ2n) is 5.41. The molecule has 2 N–H and O–H groups in total. The van der Waals surface area contributed by atoms with Crippen LogP contribution in [0, 0.1) is 0 Å². The van der Waals surface area contributed by atoms with Gasteiger partial charge >= 0.3 is 6.03 Å². The first-order chi connectivity index (χ1) is 10.1. The lowest BCUT2D eigenvalue weighted by molar-refractivity contribution is 0.183. The van der Waals surface area contributed by atoms with Gasteiger partial charge in [0.05, 0.1) is 6.61 Å². The van der Waals surface area contributed by atoms with Crippen molar-refractivity contribution in [3.05, 3.63) is 47.5 Å². The van der Waals surface area contributed by atoms with Crippen molar-refractivity contribution in [2.75, 3.05) is 26.2 Å². The van der Waals surface area contributed by atoms with Gasteiger partial charge in [0.15, 0.2) is 0 Å². The van der Waals surface area contributed by atoms with Gasteiger partial charge in [-0.3, -0.25) is 0 Å². The maximum atomic E-state index is 12.1. The first-order valence-electron chi connectivity index (χ1n) is 7.12. The predicted molar refractivity (Wildman–Crippen MR) is 84.6 cm³/mol. The number of carbonyl (C=O) groups is 1. The van der Waals surface area contributed by atoms with E-state index in [1.165, 1.54) is 5.56 Å². The summed E-state index contributed by atoms with van der Waals surface area (Å²) in [5.74, 6) is 0. The van der Waals surface area contributed by atoms with E-state index in [2.05, 4.69) is 18.0 Å². The molecule has 2 amide bonds. The highest BCUT2D eigenvalue weighted by molar-refractivity contribution is 6.30. The van der Waals surface area contributed by atoms with Crippen LogP contribution in [0.4, 0.5) is 4.79 Å². The number of benzene rings is 1. The molecule has 21 heavy (non-hydrogen) atoms. The number of hydrogen-bond acceptors (Lipinski definition) is 2. The summed E-state index contributed by atoms with van der Waals surface area (Å²) in [5.41, 5.74) is 1.19. The number of nitrogens with zero attached hydrogens (tertiary/aromatic N) is 1. The third kappa shape index (κ3) is 3.99. The fraction of sp³-hybridized carbons (Fsp3) is 0.438. The van der Waals surface area contributed by atoms with E-state index in [0.29, 0.717) is 19.6 Å². The molecule has 0 atom stereocenters. The first kappa shape index (κ1) is 15.9. The Hall–Kier alpha value is -1.52. The van der Waals surface area contributed by atoms with Crippen molar-refractivity contribution in [1.82, 2.24) is 10.2 Å². The van der Waals surface area contributed by atoms with Crippen LogP contribution in [0.1, 0.15) is 18.4 Å². The van der Waals surface area contributed by atoms with Gasteiger partial charge < -0.3 is 15.3 Å². The summed E-state index contributed by atoms with van der Waals surface area (Å²) in [4.78, 5) is 13.7. The molecule has 1 fully saturated rings. The molecule has 0 aliphatic heterocycles. The van der Waals surface area contributed by atoms with E-state index in [1.54, 1.807) is 11.0 Å². The van der Waals surface area contributed by atoms with Crippen molar-refractivity contribution >= 4 is 17.6 Å². The molecule has 0 saturated heterocycles. The zero-order valence-electron chi connectivity index (χ0n) is 12.0. The molecular weight excluding hydrogens is 288 g/mol. The molecule has 1 aliphatic carbocycles. The SMILES string of the molecule is C=CCN(CCO)C(=O)NCC1(c2cccc(Cl)c2)CC1. The number of aliphatic hydroxyl groups excluding tert-OH is 1. The Balaban J connectivity index is 1.95. The molecule has 4 nitrogen and oxygen atoms in total. The maximum Gasteiger partial charge on any atom is 0.317 e. The highest BCUT2D eigenvalue weighted by atomic mass is 35.5. The minimum atomic E-state index is -0.169. The number of carbonyl (C=O) groups excluding carboxylic acids is 1. The molecule has 1 saturated carbocycles. The van der Waals surface area contributed by atoms with Gasteiger partial charge in [-0.1, -0.05) is 29.8 Å². The summed E-state index contributed by atoms with van der Waals surface area (Å²) in [6.07, 6.45) is 3.75. The Kier molecular flexibility index (Phi) is 5.26. The van der Waals surface area contributed by atoms with Gasteiger partial charge in [0.2, 0.25) is 0 Å². The Morgan fingerprint density at radius 3 is 2.86 bits per heavy atom. The number of aliphatic hydroxyl groups is 1. The van der Waals surface area contributed by atoms with Crippen molar-refractivity contribution in [3.63, 3.8) is 0 Å². The molecule has 114 valence electrons. The quantitative estimate of drug-likeness (QED) is 0.761. The molecule has 2 rings (SSSR count). The smallest absolute Gasteiger partial charge is 0.317 e. The highest BCUT2D eigenvalue weighted by Gasteiger charge is 2.44. The molecule has 1 aromatic rings. The van der Waals surface area contributed by atoms with E-state index in [9.17, 15) is 4.79 Å². The van der Waals surface area contributed by atoms with Crippen molar-refractivity contribution in [2.24, 2.45) is 0 Å². The molecule has 0 bridgehead atoms. The minimum absolute atomic E-state index is 0.0135. The number of nitrogens with one attached hydrogen (secondary N) is 1. The Morgan fingerprint density at radius 1 is 1.52 bits per heavy atom. The van der Waals surface area contributed by atoms with Gasteiger partial charge in [-0.2, -0.15) is 0 Å². The summed E-state index contributed by atoms with van der Waals surface area (Å²) in [6, 6.07) is 7.65. The van der Waals surface area contributed by atoms with E-state index in [4.69, 9.17) is 16.7 Å². The maximum absolute atomic E-state index is 12.1. The average Bonchev–Trinajstić information content (AvgIpc) is 3.26. The third-order valence-electron chi connectivity index (χ3n) is 3.88. The van der Waals surface area contributed by atoms with Crippen LogP contribution in [0.3, 0.4) is 0 Å². The van der Waals surface area contributed by atoms with Crippen LogP contribution in [-0.2, 0) is 5.41 Å². The topological polar surface area (TPSA) is 52.6 Å². The van der Waals surface area contributed by atoms with Crippen LogP contribution in [0.25, 0.3) is 0 Å². The minimum Gasteiger partial charge on any atom is -0.395 e. The number of urea groups is 1. The van der Waals surface area contributed by atoms with Gasteiger partial charge in [0.1, 0.15) is 0 Å². The van der Waals surface area contributed by atoms with Gasteiger partial charge in [0, 0.05) is 30.1 Å². The van der Waals surface area contributed by atoms with Crippen LogP contribution >= 0.6 is 11.6 Å². The van der Waals surface area contributed by atoms with Crippen molar-refractivity contribution in [2.45, 2.75) is 18.3 Å². The lowest BCUT2D eigenvalue weighted by Crippen LogP contribution is -2.44. The van der Waals surface area contributed by atoms with Gasteiger partial charge in [-0.15, -0.1) is 6.58 Å². The number of amides is 2. The van der Waals surface area contributed by atoms with Gasteiger partial charge in [-0.05, 0) is 30.5 Å². The second-order valence-corrected chi connectivity index (χ2v) is 5.84. The third-order valence-corrected chi connectivity index (χ3v) is 4.11. The van der Waals surface area contributed by atoms with Gasteiger partial charge in [-0.25, -0.2) is 4.79 Å². The summed E-state index contributed by atoms with van der Waals surface area (Å²) < 4.78 is 0.